The van der Waals surface area contributed by atoms with Crippen molar-refractivity contribution in [3.8, 4) is 73.6 Å². The van der Waals surface area contributed by atoms with E-state index in [-0.39, 0.29) is 5.41 Å². The molecule has 1 heterocycles. The zero-order chi connectivity index (χ0) is 32.0. The fraction of sp³-hybridized carbons (Fsp3) is 0.0698. The van der Waals surface area contributed by atoms with Gasteiger partial charge in [-0.1, -0.05) is 123 Å². The maximum atomic E-state index is 9.29. The van der Waals surface area contributed by atoms with E-state index in [2.05, 4.69) is 111 Å². The third-order valence-corrected chi connectivity index (χ3v) is 9.20. The van der Waals surface area contributed by atoms with Crippen LogP contribution in [0.25, 0.3) is 67.5 Å². The first-order valence-electron chi connectivity index (χ1n) is 15.8. The van der Waals surface area contributed by atoms with Crippen LogP contribution in [0, 0.1) is 11.3 Å². The molecular formula is C43H30N4. The number of aromatic nitrogens is 3. The van der Waals surface area contributed by atoms with Crippen molar-refractivity contribution >= 4 is 0 Å². The third-order valence-electron chi connectivity index (χ3n) is 9.20. The second kappa shape index (κ2) is 11.3. The highest BCUT2D eigenvalue weighted by molar-refractivity contribution is 5.92. The lowest BCUT2D eigenvalue weighted by Gasteiger charge is -2.23. The second-order valence-corrected chi connectivity index (χ2v) is 12.4. The zero-order valence-electron chi connectivity index (χ0n) is 26.1. The molecule has 8 rings (SSSR count). The van der Waals surface area contributed by atoms with E-state index in [1.165, 1.54) is 38.9 Å². The summed E-state index contributed by atoms with van der Waals surface area (Å²) in [4.78, 5) is 14.6. The van der Waals surface area contributed by atoms with Crippen LogP contribution in [-0.4, -0.2) is 15.0 Å². The van der Waals surface area contributed by atoms with Crippen LogP contribution in [0.5, 0.6) is 0 Å². The Bertz CT molecular complexity index is 2300. The molecule has 0 fully saturated rings. The molecule has 0 aliphatic heterocycles. The van der Waals surface area contributed by atoms with E-state index < -0.39 is 0 Å². The minimum atomic E-state index is -0.101. The first-order chi connectivity index (χ1) is 23.0. The number of benzene rings is 6. The molecule has 4 nitrogen and oxygen atoms in total. The Balaban J connectivity index is 1.25. The molecule has 222 valence electrons. The molecule has 1 aliphatic carbocycles. The second-order valence-electron chi connectivity index (χ2n) is 12.4. The molecule has 0 N–H and O–H groups in total. The lowest BCUT2D eigenvalue weighted by atomic mass is 9.80. The normalized spacial score (nSPS) is 12.6. The van der Waals surface area contributed by atoms with Gasteiger partial charge in [0.2, 0.25) is 0 Å². The van der Waals surface area contributed by atoms with Crippen molar-refractivity contribution in [3.05, 3.63) is 162 Å². The molecule has 47 heavy (non-hydrogen) atoms. The van der Waals surface area contributed by atoms with Crippen LogP contribution in [-0.2, 0) is 5.41 Å². The van der Waals surface area contributed by atoms with Crippen molar-refractivity contribution in [1.29, 1.82) is 5.26 Å². The van der Waals surface area contributed by atoms with Gasteiger partial charge in [-0.05, 0) is 80.9 Å². The average molecular weight is 603 g/mol. The van der Waals surface area contributed by atoms with Crippen LogP contribution in [0.1, 0.15) is 30.5 Å². The van der Waals surface area contributed by atoms with Gasteiger partial charge in [-0.2, -0.15) is 5.26 Å². The lowest BCUT2D eigenvalue weighted by Crippen LogP contribution is -2.15. The van der Waals surface area contributed by atoms with Gasteiger partial charge in [-0.25, -0.2) is 15.0 Å². The van der Waals surface area contributed by atoms with Crippen LogP contribution < -0.4 is 0 Å². The van der Waals surface area contributed by atoms with Crippen LogP contribution in [0.4, 0.5) is 0 Å². The van der Waals surface area contributed by atoms with E-state index in [1.807, 2.05) is 42.5 Å². The first-order valence-corrected chi connectivity index (χ1v) is 15.8. The first kappa shape index (κ1) is 28.3. The summed E-state index contributed by atoms with van der Waals surface area (Å²) in [5.41, 5.74) is 13.2. The number of nitrogens with zero attached hydrogens (tertiary/aromatic N) is 4. The van der Waals surface area contributed by atoms with Crippen LogP contribution in [0.2, 0.25) is 0 Å². The zero-order valence-corrected chi connectivity index (χ0v) is 26.1. The summed E-state index contributed by atoms with van der Waals surface area (Å²) in [6.07, 6.45) is 0. The fourth-order valence-electron chi connectivity index (χ4n) is 6.69. The van der Waals surface area contributed by atoms with E-state index in [9.17, 15) is 5.26 Å². The van der Waals surface area contributed by atoms with Gasteiger partial charge in [0.05, 0.1) is 11.6 Å². The molecule has 0 unspecified atom stereocenters. The average Bonchev–Trinajstić information content (AvgIpc) is 3.37. The van der Waals surface area contributed by atoms with Crippen LogP contribution >= 0.6 is 0 Å². The van der Waals surface area contributed by atoms with Crippen molar-refractivity contribution in [2.24, 2.45) is 0 Å². The Hall–Kier alpha value is -6.18. The Morgan fingerprint density at radius 1 is 0.426 bits per heavy atom. The topological polar surface area (TPSA) is 62.5 Å². The van der Waals surface area contributed by atoms with Crippen LogP contribution in [0.15, 0.2) is 146 Å². The maximum Gasteiger partial charge on any atom is 0.164 e. The number of hydrogen-bond acceptors (Lipinski definition) is 4. The SMILES string of the molecule is CC1(C)c2ccccc2-c2cc(-c3ccccc3)c(-c3ccc(-c4nc(-c5ccccc5)nc(-c5ccc(C#N)cc5)n4)cc3)cc21. The predicted octanol–water partition coefficient (Wildman–Crippen LogP) is 10.4. The minimum Gasteiger partial charge on any atom is -0.208 e. The highest BCUT2D eigenvalue weighted by atomic mass is 15.0. The van der Waals surface area contributed by atoms with E-state index >= 15 is 0 Å². The quantitative estimate of drug-likeness (QED) is 0.197. The van der Waals surface area contributed by atoms with Crippen molar-refractivity contribution in [2.45, 2.75) is 19.3 Å². The summed E-state index contributed by atoms with van der Waals surface area (Å²) < 4.78 is 0. The standard InChI is InChI=1S/C43H30N4/c1-43(2)38-16-10-9-15-34(38)37-25-35(29-11-5-3-6-12-29)36(26-39(37)43)30-21-23-33(24-22-30)42-46-40(31-13-7-4-8-14-31)45-41(47-42)32-19-17-28(27-44)18-20-32/h3-26H,1-2H3. The van der Waals surface area contributed by atoms with Crippen molar-refractivity contribution in [2.75, 3.05) is 0 Å². The maximum absolute atomic E-state index is 9.29. The van der Waals surface area contributed by atoms with Gasteiger partial charge in [0.25, 0.3) is 0 Å². The Kier molecular flexibility index (Phi) is 6.82. The molecule has 4 heteroatoms. The number of nitriles is 1. The van der Waals surface area contributed by atoms with Gasteiger partial charge >= 0.3 is 0 Å². The monoisotopic (exact) mass is 602 g/mol. The van der Waals surface area contributed by atoms with Gasteiger partial charge in [0.15, 0.2) is 17.5 Å². The lowest BCUT2D eigenvalue weighted by molar-refractivity contribution is 0.660. The molecule has 7 aromatic rings. The molecule has 1 aliphatic rings. The van der Waals surface area contributed by atoms with Gasteiger partial charge < -0.3 is 0 Å². The smallest absolute Gasteiger partial charge is 0.164 e. The molecule has 0 amide bonds. The molecule has 0 atom stereocenters. The number of hydrogen-bond donors (Lipinski definition) is 0. The van der Waals surface area contributed by atoms with Gasteiger partial charge in [0.1, 0.15) is 0 Å². The summed E-state index contributed by atoms with van der Waals surface area (Å²) in [6.45, 7) is 4.65. The summed E-state index contributed by atoms with van der Waals surface area (Å²) >= 11 is 0. The third kappa shape index (κ3) is 4.99. The molecular weight excluding hydrogens is 573 g/mol. The van der Waals surface area contributed by atoms with E-state index in [0.717, 1.165) is 22.3 Å². The summed E-state index contributed by atoms with van der Waals surface area (Å²) in [5, 5.41) is 9.29. The number of rotatable bonds is 5. The van der Waals surface area contributed by atoms with E-state index in [0.29, 0.717) is 23.0 Å². The van der Waals surface area contributed by atoms with Gasteiger partial charge in [0, 0.05) is 22.1 Å². The van der Waals surface area contributed by atoms with E-state index in [1.54, 1.807) is 12.1 Å². The summed E-state index contributed by atoms with van der Waals surface area (Å²) in [5.74, 6) is 1.76. The Labute approximate surface area is 274 Å². The van der Waals surface area contributed by atoms with Crippen LogP contribution in [0.3, 0.4) is 0 Å². The summed E-state index contributed by atoms with van der Waals surface area (Å²) in [7, 11) is 0. The molecule has 0 saturated heterocycles. The van der Waals surface area contributed by atoms with Gasteiger partial charge in [-0.3, -0.25) is 0 Å². The van der Waals surface area contributed by atoms with E-state index in [4.69, 9.17) is 15.0 Å². The van der Waals surface area contributed by atoms with Crippen molar-refractivity contribution in [3.63, 3.8) is 0 Å². The summed E-state index contributed by atoms with van der Waals surface area (Å²) in [6, 6.07) is 52.2. The van der Waals surface area contributed by atoms with Crippen molar-refractivity contribution in [1.82, 2.24) is 15.0 Å². The molecule has 0 radical (unpaired) electrons. The minimum absolute atomic E-state index is 0.101. The highest BCUT2D eigenvalue weighted by Crippen LogP contribution is 2.51. The predicted molar refractivity (Wildman–Crippen MR) is 189 cm³/mol. The largest absolute Gasteiger partial charge is 0.208 e. The van der Waals surface area contributed by atoms with Gasteiger partial charge in [-0.15, -0.1) is 0 Å². The molecule has 0 saturated carbocycles. The molecule has 1 aromatic heterocycles. The Morgan fingerprint density at radius 3 is 1.47 bits per heavy atom. The number of fused-ring (bicyclic) bond motifs is 3. The molecule has 6 aromatic carbocycles. The fourth-order valence-corrected chi connectivity index (χ4v) is 6.69. The highest BCUT2D eigenvalue weighted by Gasteiger charge is 2.36. The molecule has 0 spiro atoms. The van der Waals surface area contributed by atoms with Crippen molar-refractivity contribution < 1.29 is 0 Å². The Morgan fingerprint density at radius 2 is 0.872 bits per heavy atom. The molecule has 0 bridgehead atoms.